The average Bonchev–Trinajstić information content (AvgIpc) is 3.17. The van der Waals surface area contributed by atoms with Crippen LogP contribution >= 0.6 is 0 Å². The van der Waals surface area contributed by atoms with Gasteiger partial charge in [0.2, 0.25) is 0 Å². The van der Waals surface area contributed by atoms with Crippen LogP contribution in [-0.2, 0) is 10.0 Å². The van der Waals surface area contributed by atoms with Crippen LogP contribution in [0.1, 0.15) is 34.6 Å². The smallest absolute Gasteiger partial charge is 0.269 e. The highest BCUT2D eigenvalue weighted by Gasteiger charge is 2.42. The first-order valence-corrected chi connectivity index (χ1v) is 9.85. The SMILES string of the molecule is CC(C)N1C(=O)c2ccc(C(=O)Nc3cccc4[nH]ccc34)cc2S1(=O)=O. The third-order valence-electron chi connectivity index (χ3n) is 4.52. The number of hydrogen-bond acceptors (Lipinski definition) is 4. The van der Waals surface area contributed by atoms with Crippen molar-refractivity contribution in [2.75, 3.05) is 5.32 Å². The maximum absolute atomic E-state index is 12.7. The number of aromatic nitrogens is 1. The lowest BCUT2D eigenvalue weighted by Crippen LogP contribution is -2.36. The second-order valence-corrected chi connectivity index (χ2v) is 8.39. The lowest BCUT2D eigenvalue weighted by molar-refractivity contribution is 0.0846. The number of nitrogens with one attached hydrogen (secondary N) is 2. The fraction of sp³-hybridized carbons (Fsp3) is 0.158. The molecule has 7 nitrogen and oxygen atoms in total. The summed E-state index contributed by atoms with van der Waals surface area (Å²) in [6.45, 7) is 3.26. The zero-order valence-corrected chi connectivity index (χ0v) is 15.5. The van der Waals surface area contributed by atoms with Crippen LogP contribution in [0.5, 0.6) is 0 Å². The molecule has 0 fully saturated rings. The number of carbonyl (C=O) groups excluding carboxylic acids is 2. The molecule has 0 bridgehead atoms. The van der Waals surface area contributed by atoms with Crippen molar-refractivity contribution in [3.05, 3.63) is 59.8 Å². The lowest BCUT2D eigenvalue weighted by atomic mass is 10.1. The fourth-order valence-electron chi connectivity index (χ4n) is 3.29. The van der Waals surface area contributed by atoms with Crippen LogP contribution in [0.2, 0.25) is 0 Å². The Morgan fingerprint density at radius 2 is 1.93 bits per heavy atom. The summed E-state index contributed by atoms with van der Waals surface area (Å²) < 4.78 is 26.2. The Kier molecular flexibility index (Phi) is 3.81. The van der Waals surface area contributed by atoms with Gasteiger partial charge < -0.3 is 10.3 Å². The van der Waals surface area contributed by atoms with Crippen LogP contribution < -0.4 is 5.32 Å². The monoisotopic (exact) mass is 383 g/mol. The van der Waals surface area contributed by atoms with E-state index in [-0.39, 0.29) is 16.0 Å². The number of anilines is 1. The minimum atomic E-state index is -3.95. The Morgan fingerprint density at radius 1 is 1.15 bits per heavy atom. The van der Waals surface area contributed by atoms with Gasteiger partial charge in [0.05, 0.1) is 11.3 Å². The maximum Gasteiger partial charge on any atom is 0.269 e. The molecule has 3 aromatic rings. The van der Waals surface area contributed by atoms with Gasteiger partial charge in [0.1, 0.15) is 4.90 Å². The molecule has 1 aliphatic rings. The van der Waals surface area contributed by atoms with E-state index in [0.29, 0.717) is 5.69 Å². The Balaban J connectivity index is 1.71. The van der Waals surface area contributed by atoms with Gasteiger partial charge in [0, 0.05) is 28.7 Å². The van der Waals surface area contributed by atoms with E-state index in [4.69, 9.17) is 0 Å². The predicted octanol–water partition coefficient (Wildman–Crippen LogP) is 2.97. The van der Waals surface area contributed by atoms with E-state index in [9.17, 15) is 18.0 Å². The lowest BCUT2D eigenvalue weighted by Gasteiger charge is -2.18. The first-order valence-electron chi connectivity index (χ1n) is 8.41. The van der Waals surface area contributed by atoms with Crippen LogP contribution in [0.15, 0.2) is 53.6 Å². The first-order chi connectivity index (χ1) is 12.8. The third-order valence-corrected chi connectivity index (χ3v) is 6.52. The molecule has 0 atom stereocenters. The van der Waals surface area contributed by atoms with Crippen molar-refractivity contribution in [3.63, 3.8) is 0 Å². The number of nitrogens with zero attached hydrogens (tertiary/aromatic N) is 1. The molecule has 2 aromatic carbocycles. The minimum Gasteiger partial charge on any atom is -0.361 e. The van der Waals surface area contributed by atoms with Crippen LogP contribution in [0.3, 0.4) is 0 Å². The van der Waals surface area contributed by atoms with Gasteiger partial charge in [0.15, 0.2) is 0 Å². The third kappa shape index (κ3) is 2.60. The molecule has 4 rings (SSSR count). The van der Waals surface area contributed by atoms with Gasteiger partial charge in [-0.1, -0.05) is 6.07 Å². The Hall–Kier alpha value is -3.13. The van der Waals surface area contributed by atoms with E-state index in [1.165, 1.54) is 18.2 Å². The highest BCUT2D eigenvalue weighted by Crippen LogP contribution is 2.33. The molecule has 0 unspecified atom stereocenters. The molecule has 1 aliphatic heterocycles. The summed E-state index contributed by atoms with van der Waals surface area (Å²) in [5.41, 5.74) is 1.75. The number of hydrogen-bond donors (Lipinski definition) is 2. The van der Waals surface area contributed by atoms with E-state index >= 15 is 0 Å². The second-order valence-electron chi connectivity index (χ2n) is 6.61. The van der Waals surface area contributed by atoms with Gasteiger partial charge in [-0.15, -0.1) is 0 Å². The average molecular weight is 383 g/mol. The number of fused-ring (bicyclic) bond motifs is 2. The van der Waals surface area contributed by atoms with Gasteiger partial charge >= 0.3 is 0 Å². The quantitative estimate of drug-likeness (QED) is 0.726. The number of H-pyrrole nitrogens is 1. The van der Waals surface area contributed by atoms with E-state index in [1.807, 2.05) is 12.1 Å². The molecule has 0 spiro atoms. The van der Waals surface area contributed by atoms with E-state index in [1.54, 1.807) is 32.2 Å². The summed E-state index contributed by atoms with van der Waals surface area (Å²) in [7, 11) is -3.95. The van der Waals surface area contributed by atoms with Crippen LogP contribution in [0.25, 0.3) is 10.9 Å². The minimum absolute atomic E-state index is 0.0907. The highest BCUT2D eigenvalue weighted by atomic mass is 32.2. The first kappa shape index (κ1) is 17.3. The zero-order chi connectivity index (χ0) is 19.3. The molecule has 27 heavy (non-hydrogen) atoms. The van der Waals surface area contributed by atoms with Gasteiger partial charge in [-0.2, -0.15) is 0 Å². The summed E-state index contributed by atoms with van der Waals surface area (Å²) in [6.07, 6.45) is 1.77. The molecule has 138 valence electrons. The van der Waals surface area contributed by atoms with Crippen molar-refractivity contribution in [1.82, 2.24) is 9.29 Å². The highest BCUT2D eigenvalue weighted by molar-refractivity contribution is 7.90. The van der Waals surface area contributed by atoms with Gasteiger partial charge in [0.25, 0.3) is 21.8 Å². The molecule has 0 saturated heterocycles. The van der Waals surface area contributed by atoms with Crippen molar-refractivity contribution in [1.29, 1.82) is 0 Å². The largest absolute Gasteiger partial charge is 0.361 e. The van der Waals surface area contributed by atoms with E-state index < -0.39 is 27.9 Å². The molecule has 8 heteroatoms. The molecule has 2 N–H and O–H groups in total. The van der Waals surface area contributed by atoms with Crippen LogP contribution in [0, 0.1) is 0 Å². The number of amides is 2. The molecule has 2 heterocycles. The molecular weight excluding hydrogens is 366 g/mol. The Labute approximate surface area is 156 Å². The normalized spacial score (nSPS) is 15.4. The fourth-order valence-corrected chi connectivity index (χ4v) is 5.08. The topological polar surface area (TPSA) is 99.3 Å². The van der Waals surface area contributed by atoms with E-state index in [0.717, 1.165) is 15.2 Å². The van der Waals surface area contributed by atoms with Crippen molar-refractivity contribution >= 4 is 38.4 Å². The summed E-state index contributed by atoms with van der Waals surface area (Å²) >= 11 is 0. The summed E-state index contributed by atoms with van der Waals surface area (Å²) in [6, 6.07) is 10.9. The maximum atomic E-state index is 12.7. The summed E-state index contributed by atoms with van der Waals surface area (Å²) in [5, 5.41) is 3.65. The van der Waals surface area contributed by atoms with E-state index in [2.05, 4.69) is 10.3 Å². The molecule has 0 radical (unpaired) electrons. The van der Waals surface area contributed by atoms with Gasteiger partial charge in [-0.3, -0.25) is 9.59 Å². The number of sulfonamides is 1. The van der Waals surface area contributed by atoms with Crippen molar-refractivity contribution in [3.8, 4) is 0 Å². The molecule has 0 saturated carbocycles. The number of rotatable bonds is 3. The number of benzene rings is 2. The van der Waals surface area contributed by atoms with Crippen LogP contribution in [-0.4, -0.2) is 35.6 Å². The summed E-state index contributed by atoms with van der Waals surface area (Å²) in [5.74, 6) is -1.01. The number of carbonyl (C=O) groups is 2. The zero-order valence-electron chi connectivity index (χ0n) is 14.7. The molecular formula is C19H17N3O4S. The van der Waals surface area contributed by atoms with Gasteiger partial charge in [-0.25, -0.2) is 12.7 Å². The van der Waals surface area contributed by atoms with Crippen LogP contribution in [0.4, 0.5) is 5.69 Å². The van der Waals surface area contributed by atoms with Gasteiger partial charge in [-0.05, 0) is 50.2 Å². The molecule has 0 aliphatic carbocycles. The predicted molar refractivity (Wildman–Crippen MR) is 101 cm³/mol. The Morgan fingerprint density at radius 3 is 2.67 bits per heavy atom. The summed E-state index contributed by atoms with van der Waals surface area (Å²) in [4.78, 5) is 28.0. The molecule has 2 amide bonds. The van der Waals surface area contributed by atoms with Crippen molar-refractivity contribution in [2.24, 2.45) is 0 Å². The van der Waals surface area contributed by atoms with Crippen molar-refractivity contribution in [2.45, 2.75) is 24.8 Å². The standard InChI is InChI=1S/C19H17N3O4S/c1-11(2)22-19(24)14-7-6-12(10-17(14)27(22,25)26)18(23)21-16-5-3-4-15-13(16)8-9-20-15/h3-11,20H,1-2H3,(H,21,23). The van der Waals surface area contributed by atoms with Crippen molar-refractivity contribution < 1.29 is 18.0 Å². The Bertz CT molecular complexity index is 1190. The number of aromatic amines is 1. The molecule has 1 aromatic heterocycles. The second kappa shape index (κ2) is 5.95.